The fraction of sp³-hybridized carbons (Fsp3) is 0.931. The molecule has 0 aliphatic carbocycles. The fourth-order valence-electron chi connectivity index (χ4n) is 4.44. The Hall–Kier alpha value is -1.06. The second kappa shape index (κ2) is 25.6. The number of carbonyl (C=O) groups is 2. The molecule has 0 bridgehead atoms. The van der Waals surface area contributed by atoms with E-state index >= 15 is 0 Å². The van der Waals surface area contributed by atoms with Crippen LogP contribution in [0.15, 0.2) is 0 Å². The van der Waals surface area contributed by atoms with Gasteiger partial charge in [0.1, 0.15) is 6.04 Å². The van der Waals surface area contributed by atoms with Crippen LogP contribution in [0.4, 0.5) is 0 Å². The predicted molar refractivity (Wildman–Crippen MR) is 141 cm³/mol. The minimum Gasteiger partial charge on any atom is -0.467 e. The number of hydrogen-bond acceptors (Lipinski definition) is 3. The van der Waals surface area contributed by atoms with Gasteiger partial charge in [0.25, 0.3) is 0 Å². The average Bonchev–Trinajstić information content (AvgIpc) is 2.82. The fourth-order valence-corrected chi connectivity index (χ4v) is 4.44. The van der Waals surface area contributed by atoms with Crippen LogP contribution in [0.25, 0.3) is 0 Å². The number of esters is 1. The Morgan fingerprint density at radius 3 is 1.33 bits per heavy atom. The van der Waals surface area contributed by atoms with E-state index in [-0.39, 0.29) is 11.9 Å². The number of ether oxygens (including phenoxy) is 1. The lowest BCUT2D eigenvalue weighted by molar-refractivity contribution is -0.145. The van der Waals surface area contributed by atoms with Gasteiger partial charge in [0.15, 0.2) is 0 Å². The zero-order valence-corrected chi connectivity index (χ0v) is 22.6. The topological polar surface area (TPSA) is 55.4 Å². The molecule has 0 fully saturated rings. The number of amides is 1. The van der Waals surface area contributed by atoms with Crippen LogP contribution in [0.1, 0.15) is 162 Å². The molecule has 0 saturated carbocycles. The zero-order valence-electron chi connectivity index (χ0n) is 22.6. The Labute approximate surface area is 206 Å². The molecule has 1 N–H and O–H groups in total. The van der Waals surface area contributed by atoms with Gasteiger partial charge in [0.2, 0.25) is 5.91 Å². The summed E-state index contributed by atoms with van der Waals surface area (Å²) in [5.41, 5.74) is 0. The maximum absolute atomic E-state index is 12.3. The quantitative estimate of drug-likeness (QED) is 0.108. The largest absolute Gasteiger partial charge is 0.467 e. The first-order valence-electron chi connectivity index (χ1n) is 14.5. The number of methoxy groups -OCH3 is 1. The monoisotopic (exact) mass is 467 g/mol. The molecule has 0 rings (SSSR count). The summed E-state index contributed by atoms with van der Waals surface area (Å²) < 4.78 is 4.89. The van der Waals surface area contributed by atoms with Crippen LogP contribution in [0.2, 0.25) is 0 Å². The van der Waals surface area contributed by atoms with Gasteiger partial charge in [-0.2, -0.15) is 0 Å². The van der Waals surface area contributed by atoms with Crippen molar-refractivity contribution in [2.45, 2.75) is 168 Å². The standard InChI is InChI=1S/C29H57NO3/c1-4-6-8-10-12-13-14-15-16-17-18-19-20-22-24-26-28(31)30-27(29(32)33-3)25-23-21-11-9-7-5-2/h27H,4-26H2,1-3H3,(H,30,31). The molecule has 0 aromatic heterocycles. The van der Waals surface area contributed by atoms with Crippen LogP contribution < -0.4 is 5.32 Å². The summed E-state index contributed by atoms with van der Waals surface area (Å²) in [6, 6.07) is -0.481. The molecule has 0 aromatic rings. The first-order chi connectivity index (χ1) is 16.2. The van der Waals surface area contributed by atoms with E-state index in [9.17, 15) is 9.59 Å². The number of carbonyl (C=O) groups excluding carboxylic acids is 2. The number of hydrogen-bond donors (Lipinski definition) is 1. The molecule has 0 aliphatic rings. The minimum atomic E-state index is -0.481. The van der Waals surface area contributed by atoms with Gasteiger partial charge in [-0.1, -0.05) is 142 Å². The van der Waals surface area contributed by atoms with Crippen molar-refractivity contribution >= 4 is 11.9 Å². The van der Waals surface area contributed by atoms with Crippen LogP contribution in [0.3, 0.4) is 0 Å². The highest BCUT2D eigenvalue weighted by Crippen LogP contribution is 2.14. The Balaban J connectivity index is 3.61. The van der Waals surface area contributed by atoms with Crippen molar-refractivity contribution in [3.63, 3.8) is 0 Å². The van der Waals surface area contributed by atoms with Crippen molar-refractivity contribution in [3.8, 4) is 0 Å². The molecule has 196 valence electrons. The first kappa shape index (κ1) is 31.9. The van der Waals surface area contributed by atoms with Gasteiger partial charge in [-0.15, -0.1) is 0 Å². The molecule has 33 heavy (non-hydrogen) atoms. The predicted octanol–water partition coefficient (Wildman–Crippen LogP) is 8.66. The molecular weight excluding hydrogens is 410 g/mol. The van der Waals surface area contributed by atoms with E-state index in [0.717, 1.165) is 25.7 Å². The molecule has 0 saturated heterocycles. The van der Waals surface area contributed by atoms with Crippen molar-refractivity contribution in [1.82, 2.24) is 5.32 Å². The second-order valence-electron chi connectivity index (χ2n) is 9.90. The lowest BCUT2D eigenvalue weighted by Gasteiger charge is -2.16. The molecule has 0 aromatic carbocycles. The lowest BCUT2D eigenvalue weighted by Crippen LogP contribution is -2.41. The van der Waals surface area contributed by atoms with E-state index in [1.54, 1.807) is 0 Å². The third kappa shape index (κ3) is 22.5. The highest BCUT2D eigenvalue weighted by atomic mass is 16.5. The van der Waals surface area contributed by atoms with Crippen LogP contribution in [0, 0.1) is 0 Å². The van der Waals surface area contributed by atoms with Gasteiger partial charge in [0.05, 0.1) is 7.11 Å². The van der Waals surface area contributed by atoms with Gasteiger partial charge < -0.3 is 10.1 Å². The SMILES string of the molecule is CCCCCCCCCCCCCCCCCC(=O)NC(CCCCCCCC)C(=O)OC. The summed E-state index contributed by atoms with van der Waals surface area (Å²) >= 11 is 0. The normalized spacial score (nSPS) is 12.0. The maximum atomic E-state index is 12.3. The van der Waals surface area contributed by atoms with Gasteiger partial charge in [0, 0.05) is 6.42 Å². The summed E-state index contributed by atoms with van der Waals surface area (Å²) in [5.74, 6) is -0.320. The Morgan fingerprint density at radius 2 is 0.939 bits per heavy atom. The van der Waals surface area contributed by atoms with E-state index in [1.165, 1.54) is 116 Å². The Kier molecular flexibility index (Phi) is 24.7. The van der Waals surface area contributed by atoms with Crippen molar-refractivity contribution in [2.75, 3.05) is 7.11 Å². The van der Waals surface area contributed by atoms with Crippen molar-refractivity contribution in [3.05, 3.63) is 0 Å². The van der Waals surface area contributed by atoms with Crippen LogP contribution in [-0.4, -0.2) is 25.0 Å². The highest BCUT2D eigenvalue weighted by Gasteiger charge is 2.20. The van der Waals surface area contributed by atoms with Crippen molar-refractivity contribution in [2.24, 2.45) is 0 Å². The summed E-state index contributed by atoms with van der Waals surface area (Å²) in [7, 11) is 1.40. The third-order valence-corrected chi connectivity index (χ3v) is 6.67. The van der Waals surface area contributed by atoms with Crippen molar-refractivity contribution in [1.29, 1.82) is 0 Å². The average molecular weight is 468 g/mol. The zero-order chi connectivity index (χ0) is 24.4. The summed E-state index contributed by atoms with van der Waals surface area (Å²) in [4.78, 5) is 24.3. The smallest absolute Gasteiger partial charge is 0.328 e. The lowest BCUT2D eigenvalue weighted by atomic mass is 10.0. The Bertz CT molecular complexity index is 439. The molecule has 0 spiro atoms. The molecule has 0 heterocycles. The molecule has 0 aliphatic heterocycles. The minimum absolute atomic E-state index is 0.00826. The summed E-state index contributed by atoms with van der Waals surface area (Å²) in [6.45, 7) is 4.48. The molecule has 1 amide bonds. The van der Waals surface area contributed by atoms with Crippen LogP contribution >= 0.6 is 0 Å². The highest BCUT2D eigenvalue weighted by molar-refractivity contribution is 5.84. The van der Waals surface area contributed by atoms with E-state index in [0.29, 0.717) is 12.8 Å². The molecule has 4 nitrogen and oxygen atoms in total. The molecule has 0 radical (unpaired) electrons. The molecular formula is C29H57NO3. The van der Waals surface area contributed by atoms with Crippen LogP contribution in [0.5, 0.6) is 0 Å². The first-order valence-corrected chi connectivity index (χ1v) is 14.5. The summed E-state index contributed by atoms with van der Waals surface area (Å²) in [6.07, 6.45) is 28.0. The van der Waals surface area contributed by atoms with Gasteiger partial charge in [-0.25, -0.2) is 4.79 Å². The van der Waals surface area contributed by atoms with E-state index < -0.39 is 6.04 Å². The third-order valence-electron chi connectivity index (χ3n) is 6.67. The summed E-state index contributed by atoms with van der Waals surface area (Å²) in [5, 5.41) is 2.91. The number of nitrogens with one attached hydrogen (secondary N) is 1. The maximum Gasteiger partial charge on any atom is 0.328 e. The van der Waals surface area contributed by atoms with E-state index in [2.05, 4.69) is 19.2 Å². The Morgan fingerprint density at radius 1 is 0.576 bits per heavy atom. The van der Waals surface area contributed by atoms with E-state index in [4.69, 9.17) is 4.74 Å². The molecule has 4 heteroatoms. The van der Waals surface area contributed by atoms with Crippen LogP contribution in [-0.2, 0) is 14.3 Å². The van der Waals surface area contributed by atoms with Crippen molar-refractivity contribution < 1.29 is 14.3 Å². The second-order valence-corrected chi connectivity index (χ2v) is 9.90. The van der Waals surface area contributed by atoms with E-state index in [1.807, 2.05) is 0 Å². The molecule has 1 atom stereocenters. The van der Waals surface area contributed by atoms with Gasteiger partial charge in [-0.3, -0.25) is 4.79 Å². The number of rotatable bonds is 25. The van der Waals surface area contributed by atoms with Gasteiger partial charge >= 0.3 is 5.97 Å². The molecule has 1 unspecified atom stereocenters. The number of unbranched alkanes of at least 4 members (excludes halogenated alkanes) is 19. The van der Waals surface area contributed by atoms with Gasteiger partial charge in [-0.05, 0) is 12.8 Å².